The van der Waals surface area contributed by atoms with E-state index in [9.17, 15) is 0 Å². The topological polar surface area (TPSA) is 50.3 Å². The van der Waals surface area contributed by atoms with Crippen LogP contribution in [0.25, 0.3) is 0 Å². The summed E-state index contributed by atoms with van der Waals surface area (Å²) in [5.41, 5.74) is 0. The summed E-state index contributed by atoms with van der Waals surface area (Å²) in [7, 11) is 2.18. The Labute approximate surface area is 109 Å². The highest BCUT2D eigenvalue weighted by atomic mass is 16.5. The fraction of sp³-hybridized carbons (Fsp3) is 0.692. The molecule has 0 atom stereocenters. The molecule has 1 aliphatic carbocycles. The van der Waals surface area contributed by atoms with Crippen LogP contribution in [0.1, 0.15) is 26.2 Å². The summed E-state index contributed by atoms with van der Waals surface area (Å²) in [6, 6.07) is 2.66. The third kappa shape index (κ3) is 4.14. The highest BCUT2D eigenvalue weighted by Gasteiger charge is 2.25. The third-order valence-electron chi connectivity index (χ3n) is 3.04. The SMILES string of the molecule is CCCOc1cc(NCCN(C)C2CC2)ncn1. The van der Waals surface area contributed by atoms with Crippen LogP contribution in [-0.4, -0.2) is 47.7 Å². The van der Waals surface area contributed by atoms with Crippen LogP contribution in [-0.2, 0) is 0 Å². The van der Waals surface area contributed by atoms with Crippen molar-refractivity contribution in [2.45, 2.75) is 32.2 Å². The molecule has 18 heavy (non-hydrogen) atoms. The minimum Gasteiger partial charge on any atom is -0.478 e. The van der Waals surface area contributed by atoms with E-state index in [2.05, 4.69) is 34.2 Å². The van der Waals surface area contributed by atoms with Gasteiger partial charge in [0, 0.05) is 25.2 Å². The molecule has 1 heterocycles. The number of rotatable bonds is 8. The lowest BCUT2D eigenvalue weighted by atomic mass is 10.4. The standard InChI is InChI=1S/C13H22N4O/c1-3-8-18-13-9-12(15-10-16-13)14-6-7-17(2)11-4-5-11/h9-11H,3-8H2,1-2H3,(H,14,15,16). The van der Waals surface area contributed by atoms with Crippen LogP contribution in [0.4, 0.5) is 5.82 Å². The molecule has 1 aromatic heterocycles. The van der Waals surface area contributed by atoms with Crippen molar-refractivity contribution < 1.29 is 4.74 Å². The Kier molecular flexibility index (Phi) is 4.75. The molecule has 5 nitrogen and oxygen atoms in total. The molecular formula is C13H22N4O. The number of hydrogen-bond acceptors (Lipinski definition) is 5. The molecule has 0 amide bonds. The van der Waals surface area contributed by atoms with Crippen LogP contribution < -0.4 is 10.1 Å². The van der Waals surface area contributed by atoms with Gasteiger partial charge in [0.1, 0.15) is 12.1 Å². The maximum absolute atomic E-state index is 5.47. The van der Waals surface area contributed by atoms with Crippen molar-refractivity contribution >= 4 is 5.82 Å². The van der Waals surface area contributed by atoms with E-state index in [1.807, 2.05) is 6.07 Å². The first kappa shape index (κ1) is 13.1. The van der Waals surface area contributed by atoms with Crippen molar-refractivity contribution in [2.24, 2.45) is 0 Å². The normalized spacial score (nSPS) is 14.8. The highest BCUT2D eigenvalue weighted by molar-refractivity contribution is 5.36. The Hall–Kier alpha value is -1.36. The van der Waals surface area contributed by atoms with Crippen LogP contribution in [0.15, 0.2) is 12.4 Å². The predicted molar refractivity (Wildman–Crippen MR) is 72.0 cm³/mol. The van der Waals surface area contributed by atoms with Gasteiger partial charge in [0.2, 0.25) is 5.88 Å². The van der Waals surface area contributed by atoms with Gasteiger partial charge >= 0.3 is 0 Å². The molecule has 1 aliphatic rings. The number of likely N-dealkylation sites (N-methyl/N-ethyl adjacent to an activating group) is 1. The number of nitrogens with one attached hydrogen (secondary N) is 1. The molecule has 100 valence electrons. The zero-order valence-corrected chi connectivity index (χ0v) is 11.2. The smallest absolute Gasteiger partial charge is 0.218 e. The molecule has 1 aromatic rings. The van der Waals surface area contributed by atoms with Crippen molar-refractivity contribution in [3.05, 3.63) is 12.4 Å². The highest BCUT2D eigenvalue weighted by Crippen LogP contribution is 2.24. The Morgan fingerprint density at radius 1 is 1.44 bits per heavy atom. The second-order valence-electron chi connectivity index (χ2n) is 4.73. The summed E-state index contributed by atoms with van der Waals surface area (Å²) >= 11 is 0. The van der Waals surface area contributed by atoms with Gasteiger partial charge in [-0.15, -0.1) is 0 Å². The quantitative estimate of drug-likeness (QED) is 0.762. The first-order chi connectivity index (χ1) is 8.79. The van der Waals surface area contributed by atoms with Gasteiger partial charge in [-0.05, 0) is 26.3 Å². The van der Waals surface area contributed by atoms with Gasteiger partial charge in [0.15, 0.2) is 0 Å². The van der Waals surface area contributed by atoms with Crippen molar-refractivity contribution in [2.75, 3.05) is 32.1 Å². The van der Waals surface area contributed by atoms with E-state index in [1.165, 1.54) is 19.2 Å². The Morgan fingerprint density at radius 2 is 2.28 bits per heavy atom. The summed E-state index contributed by atoms with van der Waals surface area (Å²) < 4.78 is 5.47. The second-order valence-corrected chi connectivity index (χ2v) is 4.73. The molecule has 1 N–H and O–H groups in total. The number of nitrogens with zero attached hydrogens (tertiary/aromatic N) is 3. The average Bonchev–Trinajstić information content (AvgIpc) is 3.21. The fourth-order valence-corrected chi connectivity index (χ4v) is 1.78. The van der Waals surface area contributed by atoms with Crippen molar-refractivity contribution in [1.29, 1.82) is 0 Å². The monoisotopic (exact) mass is 250 g/mol. The van der Waals surface area contributed by atoms with Gasteiger partial charge in [-0.25, -0.2) is 9.97 Å². The lowest BCUT2D eigenvalue weighted by Crippen LogP contribution is -2.27. The molecule has 0 aliphatic heterocycles. The first-order valence-electron chi connectivity index (χ1n) is 6.68. The van der Waals surface area contributed by atoms with Crippen LogP contribution >= 0.6 is 0 Å². The second kappa shape index (κ2) is 6.54. The number of aromatic nitrogens is 2. The van der Waals surface area contributed by atoms with E-state index in [0.717, 1.165) is 31.4 Å². The molecular weight excluding hydrogens is 228 g/mol. The molecule has 2 rings (SSSR count). The minimum atomic E-state index is 0.643. The minimum absolute atomic E-state index is 0.643. The number of ether oxygens (including phenoxy) is 1. The molecule has 5 heteroatoms. The van der Waals surface area contributed by atoms with Crippen molar-refractivity contribution in [1.82, 2.24) is 14.9 Å². The van der Waals surface area contributed by atoms with Gasteiger partial charge in [0.25, 0.3) is 0 Å². The first-order valence-corrected chi connectivity index (χ1v) is 6.68. The summed E-state index contributed by atoms with van der Waals surface area (Å²) in [5.74, 6) is 1.48. The van der Waals surface area contributed by atoms with E-state index in [4.69, 9.17) is 4.74 Å². The third-order valence-corrected chi connectivity index (χ3v) is 3.04. The van der Waals surface area contributed by atoms with E-state index >= 15 is 0 Å². The zero-order chi connectivity index (χ0) is 12.8. The fourth-order valence-electron chi connectivity index (χ4n) is 1.78. The number of hydrogen-bond donors (Lipinski definition) is 1. The van der Waals surface area contributed by atoms with Gasteiger partial charge < -0.3 is 15.0 Å². The van der Waals surface area contributed by atoms with E-state index in [-0.39, 0.29) is 0 Å². The van der Waals surface area contributed by atoms with E-state index in [1.54, 1.807) is 0 Å². The number of anilines is 1. The lowest BCUT2D eigenvalue weighted by Gasteiger charge is -2.16. The summed E-state index contributed by atoms with van der Waals surface area (Å²) in [6.07, 6.45) is 5.22. The molecule has 0 bridgehead atoms. The van der Waals surface area contributed by atoms with Crippen molar-refractivity contribution in [3.63, 3.8) is 0 Å². The van der Waals surface area contributed by atoms with Crippen LogP contribution in [0.3, 0.4) is 0 Å². The van der Waals surface area contributed by atoms with Crippen LogP contribution in [0.5, 0.6) is 5.88 Å². The molecule has 0 unspecified atom stereocenters. The molecule has 0 radical (unpaired) electrons. The van der Waals surface area contributed by atoms with Crippen LogP contribution in [0, 0.1) is 0 Å². The Balaban J connectivity index is 1.73. The molecule has 0 aromatic carbocycles. The van der Waals surface area contributed by atoms with Gasteiger partial charge in [-0.2, -0.15) is 0 Å². The molecule has 1 fully saturated rings. The molecule has 1 saturated carbocycles. The Morgan fingerprint density at radius 3 is 3.00 bits per heavy atom. The van der Waals surface area contributed by atoms with Crippen LogP contribution in [0.2, 0.25) is 0 Å². The van der Waals surface area contributed by atoms with Gasteiger partial charge in [-0.3, -0.25) is 0 Å². The Bertz CT molecular complexity index is 368. The molecule has 0 saturated heterocycles. The van der Waals surface area contributed by atoms with Gasteiger partial charge in [-0.1, -0.05) is 6.92 Å². The van der Waals surface area contributed by atoms with E-state index < -0.39 is 0 Å². The van der Waals surface area contributed by atoms with Gasteiger partial charge in [0.05, 0.1) is 6.61 Å². The maximum atomic E-state index is 5.47. The maximum Gasteiger partial charge on any atom is 0.218 e. The summed E-state index contributed by atoms with van der Waals surface area (Å²) in [4.78, 5) is 10.7. The average molecular weight is 250 g/mol. The summed E-state index contributed by atoms with van der Waals surface area (Å²) in [5, 5.41) is 3.30. The predicted octanol–water partition coefficient (Wildman–Crippen LogP) is 1.77. The molecule has 0 spiro atoms. The largest absolute Gasteiger partial charge is 0.478 e. The summed E-state index contributed by atoms with van der Waals surface area (Å²) in [6.45, 7) is 4.71. The zero-order valence-electron chi connectivity index (χ0n) is 11.2. The lowest BCUT2D eigenvalue weighted by molar-refractivity contribution is 0.305. The van der Waals surface area contributed by atoms with Crippen molar-refractivity contribution in [3.8, 4) is 5.88 Å². The van der Waals surface area contributed by atoms with E-state index in [0.29, 0.717) is 12.5 Å².